The van der Waals surface area contributed by atoms with Crippen molar-refractivity contribution in [3.8, 4) is 17.2 Å². The number of aryl methyl sites for hydroxylation is 2. The van der Waals surface area contributed by atoms with Gasteiger partial charge in [0.25, 0.3) is 11.6 Å². The molecule has 0 bridgehead atoms. The number of fused-ring (bicyclic) bond motifs is 1. The largest absolute Gasteiger partial charge is 0.489 e. The molecule has 0 spiro atoms. The smallest absolute Gasteiger partial charge is 0.416 e. The van der Waals surface area contributed by atoms with Crippen molar-refractivity contribution in [2.24, 2.45) is 5.73 Å². The van der Waals surface area contributed by atoms with E-state index in [1.54, 1.807) is 16.9 Å². The number of rotatable bonds is 18. The first kappa shape index (κ1) is 65.4. The number of amides is 2. The van der Waals surface area contributed by atoms with Crippen LogP contribution < -0.4 is 25.0 Å². The molecule has 19 nitrogen and oxygen atoms in total. The van der Waals surface area contributed by atoms with E-state index >= 15 is 0 Å². The molecule has 75 heavy (non-hydrogen) atoms. The number of anilines is 2. The maximum absolute atomic E-state index is 12.7. The molecule has 0 radical (unpaired) electrons. The Bertz CT molecular complexity index is 2620. The SMILES string of the molecule is CC1COc2ccccc2N1C(=O)C(Cl)Cl.CCOC(=O)COC(=O)c1cc(Oc2ccc(C(F)(F)F)cc2Cl)ccc1[N+](=O)[O-].CCc1cccc(CC)c1N(COC)C(=O)CCl.CP(=O)(O)CCC(N)C(=O)O. The van der Waals surface area contributed by atoms with Gasteiger partial charge < -0.3 is 44.3 Å². The number of carbonyl (C=O) groups is 5. The van der Waals surface area contributed by atoms with Crippen LogP contribution in [0.25, 0.3) is 0 Å². The number of nitrogens with two attached hydrogens (primary N) is 1. The van der Waals surface area contributed by atoms with Crippen LogP contribution in [0.2, 0.25) is 5.02 Å². The van der Waals surface area contributed by atoms with E-state index in [1.807, 2.05) is 49.4 Å². The standard InChI is InChI=1S/C18H13ClF3NO7.C14H20ClNO2.C11H11Cl2NO2.C5H12NO4P/c1-2-28-16(24)9-29-17(25)12-8-11(4-5-14(12)23(26)27)30-15-6-3-10(7-13(15)19)18(20,21)22;1-4-11-7-6-8-12(5-2)14(11)16(10-18-3)13(17)9-15;1-7-6-16-9-5-3-2-4-8(9)14(7)11(15)10(12)13;1-11(9,10)3-2-4(6)5(7)8/h3-8H,2,9H2,1H3;6-8H,4-5,9-10H2,1-3H3;2-5,7,10H,6H2,1H3;4H,2-3,6H2,1H3,(H,7,8)(H,9,10). The third-order valence-electron chi connectivity index (χ3n) is 10.0. The molecular formula is C48H56Cl4F3N4O15P. The number of halogens is 7. The summed E-state index contributed by atoms with van der Waals surface area (Å²) in [6, 6.07) is 17.7. The minimum atomic E-state index is -4.61. The van der Waals surface area contributed by atoms with Gasteiger partial charge in [-0.15, -0.1) is 11.6 Å². The molecule has 1 heterocycles. The predicted molar refractivity (Wildman–Crippen MR) is 277 cm³/mol. The third kappa shape index (κ3) is 21.1. The van der Waals surface area contributed by atoms with Gasteiger partial charge in [-0.1, -0.05) is 79.0 Å². The second-order valence-corrected chi connectivity index (χ2v) is 20.0. The Balaban J connectivity index is 0.000000367. The maximum Gasteiger partial charge on any atom is 0.416 e. The quantitative estimate of drug-likeness (QED) is 0.0209. The van der Waals surface area contributed by atoms with Crippen LogP contribution in [0.5, 0.6) is 17.2 Å². The van der Waals surface area contributed by atoms with Gasteiger partial charge in [0.2, 0.25) is 5.91 Å². The second-order valence-electron chi connectivity index (χ2n) is 15.7. The number of carbonyl (C=O) groups excluding carboxylic acids is 4. The van der Waals surface area contributed by atoms with Crippen LogP contribution in [0.4, 0.5) is 30.2 Å². The number of hydrogen-bond donors (Lipinski definition) is 3. The zero-order valence-electron chi connectivity index (χ0n) is 41.3. The summed E-state index contributed by atoms with van der Waals surface area (Å²) in [5.41, 5.74) is 6.89. The summed E-state index contributed by atoms with van der Waals surface area (Å²) in [6.07, 6.45) is -2.86. The molecule has 1 aliphatic heterocycles. The van der Waals surface area contributed by atoms with E-state index in [1.165, 1.54) is 13.6 Å². The molecule has 4 aromatic rings. The van der Waals surface area contributed by atoms with Gasteiger partial charge in [0.05, 0.1) is 39.5 Å². The fourth-order valence-electron chi connectivity index (χ4n) is 6.46. The van der Waals surface area contributed by atoms with E-state index in [2.05, 4.69) is 18.6 Å². The van der Waals surface area contributed by atoms with E-state index in [-0.39, 0.29) is 66.2 Å². The number of ether oxygens (including phenoxy) is 5. The topological polar surface area (TPSA) is 265 Å². The number of carboxylic acid groups (broad SMARTS) is 1. The number of aliphatic carboxylic acids is 1. The summed E-state index contributed by atoms with van der Waals surface area (Å²) in [5, 5.41) is 19.1. The average molecular weight is 1160 g/mol. The highest BCUT2D eigenvalue weighted by molar-refractivity contribution is 7.57. The molecule has 2 amide bonds. The number of benzene rings is 4. The molecule has 4 aromatic carbocycles. The molecular weight excluding hydrogens is 1100 g/mol. The molecule has 4 N–H and O–H groups in total. The van der Waals surface area contributed by atoms with Crippen molar-refractivity contribution in [3.05, 3.63) is 116 Å². The molecule has 1 aliphatic rings. The number of methoxy groups -OCH3 is 1. The van der Waals surface area contributed by atoms with Gasteiger partial charge in [0.1, 0.15) is 48.1 Å². The van der Waals surface area contributed by atoms with Crippen LogP contribution in [0.3, 0.4) is 0 Å². The molecule has 412 valence electrons. The number of nitro benzene ring substituents is 1. The van der Waals surface area contributed by atoms with Gasteiger partial charge in [-0.3, -0.25) is 34.0 Å². The van der Waals surface area contributed by atoms with Crippen LogP contribution in [0.15, 0.2) is 78.9 Å². The fourth-order valence-corrected chi connectivity index (χ4v) is 7.79. The first-order chi connectivity index (χ1) is 35.1. The lowest BCUT2D eigenvalue weighted by Gasteiger charge is -2.35. The monoisotopic (exact) mass is 1160 g/mol. The highest BCUT2D eigenvalue weighted by Gasteiger charge is 2.33. The number of esters is 2. The normalized spacial score (nSPS) is 13.8. The van der Waals surface area contributed by atoms with Crippen molar-refractivity contribution in [1.82, 2.24) is 0 Å². The minimum Gasteiger partial charge on any atom is -0.489 e. The summed E-state index contributed by atoms with van der Waals surface area (Å²) in [7, 11) is -1.52. The highest BCUT2D eigenvalue weighted by Crippen LogP contribution is 2.39. The average Bonchev–Trinajstić information content (AvgIpc) is 3.36. The molecule has 0 aromatic heterocycles. The van der Waals surface area contributed by atoms with Crippen LogP contribution in [0.1, 0.15) is 61.2 Å². The Hall–Kier alpha value is -5.71. The molecule has 27 heteroatoms. The van der Waals surface area contributed by atoms with Crippen LogP contribution in [0, 0.1) is 10.1 Å². The van der Waals surface area contributed by atoms with E-state index in [0.29, 0.717) is 18.4 Å². The highest BCUT2D eigenvalue weighted by atomic mass is 35.5. The first-order valence-corrected chi connectivity index (χ1v) is 26.5. The number of hydrogen-bond acceptors (Lipinski definition) is 14. The van der Waals surface area contributed by atoms with Gasteiger partial charge in [0, 0.05) is 32.1 Å². The van der Waals surface area contributed by atoms with Crippen molar-refractivity contribution in [2.45, 2.75) is 70.1 Å². The zero-order chi connectivity index (χ0) is 56.8. The summed E-state index contributed by atoms with van der Waals surface area (Å²) in [5.74, 6) is -3.29. The van der Waals surface area contributed by atoms with Gasteiger partial charge in [0.15, 0.2) is 18.8 Å². The van der Waals surface area contributed by atoms with Crippen LogP contribution >= 0.6 is 53.8 Å². The van der Waals surface area contributed by atoms with E-state index < -0.39 is 70.7 Å². The lowest BCUT2D eigenvalue weighted by atomic mass is 10.0. The Labute approximate surface area is 450 Å². The van der Waals surface area contributed by atoms with E-state index in [4.69, 9.17) is 81.1 Å². The molecule has 0 saturated heterocycles. The van der Waals surface area contributed by atoms with Gasteiger partial charge >= 0.3 is 24.1 Å². The molecule has 3 atom stereocenters. The molecule has 5 rings (SSSR count). The fraction of sp³-hybridized carbons (Fsp3) is 0.396. The second kappa shape index (κ2) is 31.4. The molecule has 0 saturated carbocycles. The minimum absolute atomic E-state index is 0.0371. The molecule has 3 unspecified atom stereocenters. The molecule has 0 fully saturated rings. The number of nitrogens with zero attached hydrogens (tertiary/aromatic N) is 3. The summed E-state index contributed by atoms with van der Waals surface area (Å²) < 4.78 is 74.1. The van der Waals surface area contributed by atoms with E-state index in [9.17, 15) is 51.8 Å². The maximum atomic E-state index is 12.7. The Morgan fingerprint density at radius 3 is 2.12 bits per heavy atom. The van der Waals surface area contributed by atoms with Crippen molar-refractivity contribution >= 4 is 101 Å². The third-order valence-corrected chi connectivity index (χ3v) is 12.0. The number of nitro groups is 1. The van der Waals surface area contributed by atoms with Crippen molar-refractivity contribution < 1.29 is 80.3 Å². The van der Waals surface area contributed by atoms with Gasteiger partial charge in [-0.2, -0.15) is 13.2 Å². The molecule has 0 aliphatic carbocycles. The first-order valence-electron chi connectivity index (χ1n) is 22.4. The lowest BCUT2D eigenvalue weighted by molar-refractivity contribution is -0.385. The van der Waals surface area contributed by atoms with Gasteiger partial charge in [-0.05, 0) is 80.6 Å². The van der Waals surface area contributed by atoms with Crippen molar-refractivity contribution in [2.75, 3.05) is 62.2 Å². The summed E-state index contributed by atoms with van der Waals surface area (Å²) in [6.45, 7) is 8.73. The predicted octanol–water partition coefficient (Wildman–Crippen LogP) is 10.1. The Morgan fingerprint density at radius 1 is 0.987 bits per heavy atom. The lowest BCUT2D eigenvalue weighted by Crippen LogP contribution is -2.47. The number of para-hydroxylation sites is 3. The van der Waals surface area contributed by atoms with E-state index in [0.717, 1.165) is 65.7 Å². The number of carboxylic acids is 1. The van der Waals surface area contributed by atoms with Crippen LogP contribution in [-0.4, -0.2) is 114 Å². The van der Waals surface area contributed by atoms with Gasteiger partial charge in [-0.25, -0.2) is 9.59 Å². The van der Waals surface area contributed by atoms with Crippen molar-refractivity contribution in [1.29, 1.82) is 0 Å². The summed E-state index contributed by atoms with van der Waals surface area (Å²) >= 11 is 22.7. The van der Waals surface area contributed by atoms with Crippen molar-refractivity contribution in [3.63, 3.8) is 0 Å². The van der Waals surface area contributed by atoms with Crippen LogP contribution in [-0.2, 0) is 57.0 Å². The summed E-state index contributed by atoms with van der Waals surface area (Å²) in [4.78, 5) is 78.6. The zero-order valence-corrected chi connectivity index (χ0v) is 45.2. The Kier molecular flexibility index (Phi) is 27.4. The number of alkyl halides is 6. The Morgan fingerprint density at radius 2 is 1.61 bits per heavy atom.